The molecular weight excluding hydrogens is 307 g/mol. The van der Waals surface area contributed by atoms with Crippen LogP contribution >= 0.6 is 0 Å². The number of phenols is 1. The van der Waals surface area contributed by atoms with Crippen LogP contribution in [0.15, 0.2) is 42.5 Å². The van der Waals surface area contributed by atoms with Gasteiger partial charge >= 0.3 is 7.12 Å². The van der Waals surface area contributed by atoms with E-state index in [1.807, 2.05) is 0 Å². The second kappa shape index (κ2) is 7.99. The van der Waals surface area contributed by atoms with Crippen molar-refractivity contribution >= 4 is 12.9 Å². The zero-order valence-corrected chi connectivity index (χ0v) is 13.8. The summed E-state index contributed by atoms with van der Waals surface area (Å²) in [7, 11) is -0.135. The van der Waals surface area contributed by atoms with E-state index in [4.69, 9.17) is 4.74 Å². The number of phenolic OH excluding ortho intramolecular Hbond substituents is 1. The first-order valence-electron chi connectivity index (χ1n) is 7.73. The molecule has 0 aromatic heterocycles. The van der Waals surface area contributed by atoms with Crippen LogP contribution < -0.4 is 4.74 Å². The Morgan fingerprint density at radius 1 is 1.21 bits per heavy atom. The van der Waals surface area contributed by atoms with Crippen molar-refractivity contribution in [2.75, 3.05) is 7.11 Å². The van der Waals surface area contributed by atoms with Gasteiger partial charge in [-0.3, -0.25) is 4.79 Å². The van der Waals surface area contributed by atoms with Gasteiger partial charge < -0.3 is 19.9 Å². The fraction of sp³-hybridized carbons (Fsp3) is 0.278. The van der Waals surface area contributed by atoms with E-state index in [-0.39, 0.29) is 24.4 Å². The number of ether oxygens (including phenoxy) is 1. The van der Waals surface area contributed by atoms with Gasteiger partial charge in [0.05, 0.1) is 7.11 Å². The van der Waals surface area contributed by atoms with Crippen molar-refractivity contribution in [1.82, 2.24) is 0 Å². The summed E-state index contributed by atoms with van der Waals surface area (Å²) in [5.74, 6) is -0.231. The quantitative estimate of drug-likeness (QED) is 0.536. The van der Waals surface area contributed by atoms with Crippen LogP contribution in [0.1, 0.15) is 27.9 Å². The van der Waals surface area contributed by atoms with Crippen molar-refractivity contribution in [3.05, 3.63) is 59.2 Å². The molecule has 6 heteroatoms. The maximum absolute atomic E-state index is 12.4. The highest BCUT2D eigenvalue weighted by atomic mass is 16.5. The molecule has 0 fully saturated rings. The van der Waals surface area contributed by atoms with Crippen LogP contribution in [0.25, 0.3) is 0 Å². The molecule has 0 amide bonds. The maximum atomic E-state index is 12.4. The molecule has 2 rings (SSSR count). The van der Waals surface area contributed by atoms with E-state index in [1.165, 1.54) is 7.11 Å². The standard InChI is InChI=1S/C18H21BO5/c1-12-5-3-7-14(18(12)21)9-15(19(22)23)11-17(20)13-6-4-8-16(10-13)24-2/h3-8,10,15,21-23H,9,11H2,1-2H3. The Balaban J connectivity index is 2.16. The van der Waals surface area contributed by atoms with Crippen LogP contribution in [0.2, 0.25) is 5.82 Å². The van der Waals surface area contributed by atoms with Crippen molar-refractivity contribution in [2.24, 2.45) is 0 Å². The first-order chi connectivity index (χ1) is 11.4. The lowest BCUT2D eigenvalue weighted by atomic mass is 9.66. The molecule has 0 saturated carbocycles. The Kier molecular flexibility index (Phi) is 6.01. The summed E-state index contributed by atoms with van der Waals surface area (Å²) in [6, 6.07) is 12.0. The van der Waals surface area contributed by atoms with E-state index in [1.54, 1.807) is 49.4 Å². The average molecular weight is 328 g/mol. The van der Waals surface area contributed by atoms with Gasteiger partial charge in [0.15, 0.2) is 5.78 Å². The smallest absolute Gasteiger partial charge is 0.455 e. The largest absolute Gasteiger partial charge is 0.507 e. The molecule has 0 spiro atoms. The molecule has 0 saturated heterocycles. The molecule has 126 valence electrons. The number of hydrogen-bond acceptors (Lipinski definition) is 5. The van der Waals surface area contributed by atoms with Crippen LogP contribution in [0, 0.1) is 6.92 Å². The van der Waals surface area contributed by atoms with Crippen LogP contribution in [0.3, 0.4) is 0 Å². The first kappa shape index (κ1) is 18.0. The molecule has 0 aliphatic heterocycles. The number of aromatic hydroxyl groups is 1. The monoisotopic (exact) mass is 328 g/mol. The SMILES string of the molecule is COc1cccc(C(=O)CC(Cc2cccc(C)c2O)B(O)O)c1. The van der Waals surface area contributed by atoms with Crippen molar-refractivity contribution in [3.63, 3.8) is 0 Å². The summed E-state index contributed by atoms with van der Waals surface area (Å²) in [5, 5.41) is 29.3. The second-order valence-corrected chi connectivity index (χ2v) is 5.82. The number of rotatable bonds is 7. The molecule has 0 bridgehead atoms. The van der Waals surface area contributed by atoms with Gasteiger partial charge in [0.25, 0.3) is 0 Å². The van der Waals surface area contributed by atoms with Crippen molar-refractivity contribution in [1.29, 1.82) is 0 Å². The molecule has 0 heterocycles. The Hall–Kier alpha value is -2.31. The third kappa shape index (κ3) is 4.37. The molecule has 2 aromatic carbocycles. The lowest BCUT2D eigenvalue weighted by Gasteiger charge is -2.17. The highest BCUT2D eigenvalue weighted by Gasteiger charge is 2.28. The lowest BCUT2D eigenvalue weighted by Crippen LogP contribution is -2.24. The van der Waals surface area contributed by atoms with Crippen molar-refractivity contribution < 1.29 is 24.7 Å². The number of para-hydroxylation sites is 1. The number of methoxy groups -OCH3 is 1. The van der Waals surface area contributed by atoms with Gasteiger partial charge in [0.2, 0.25) is 0 Å². The van der Waals surface area contributed by atoms with E-state index in [9.17, 15) is 19.9 Å². The topological polar surface area (TPSA) is 87.0 Å². The highest BCUT2D eigenvalue weighted by Crippen LogP contribution is 2.29. The number of benzene rings is 2. The fourth-order valence-electron chi connectivity index (χ4n) is 2.60. The van der Waals surface area contributed by atoms with Gasteiger partial charge in [-0.2, -0.15) is 0 Å². The zero-order chi connectivity index (χ0) is 17.7. The van der Waals surface area contributed by atoms with Gasteiger partial charge in [-0.05, 0) is 36.6 Å². The Labute approximate surface area is 141 Å². The van der Waals surface area contributed by atoms with E-state index < -0.39 is 12.9 Å². The normalized spacial score (nSPS) is 11.8. The zero-order valence-electron chi connectivity index (χ0n) is 13.8. The van der Waals surface area contributed by atoms with Crippen molar-refractivity contribution in [3.8, 4) is 11.5 Å². The van der Waals surface area contributed by atoms with Gasteiger partial charge in [0, 0.05) is 17.8 Å². The Morgan fingerprint density at radius 2 is 1.92 bits per heavy atom. The predicted octanol–water partition coefficient (Wildman–Crippen LogP) is 2.37. The van der Waals surface area contributed by atoms with Crippen LogP contribution in [-0.2, 0) is 6.42 Å². The number of Topliss-reactive ketones (excluding diaryl/α,β-unsaturated/α-hetero) is 1. The molecule has 0 aliphatic carbocycles. The summed E-state index contributed by atoms with van der Waals surface area (Å²) in [6.07, 6.45) is 0.152. The van der Waals surface area contributed by atoms with Crippen LogP contribution in [0.4, 0.5) is 0 Å². The maximum Gasteiger partial charge on any atom is 0.455 e. The number of aryl methyl sites for hydroxylation is 1. The van der Waals surface area contributed by atoms with E-state index in [2.05, 4.69) is 0 Å². The number of carbonyl (C=O) groups excluding carboxylic acids is 1. The third-order valence-corrected chi connectivity index (χ3v) is 4.06. The molecule has 5 nitrogen and oxygen atoms in total. The number of ketones is 1. The molecule has 24 heavy (non-hydrogen) atoms. The average Bonchev–Trinajstić information content (AvgIpc) is 2.58. The fourth-order valence-corrected chi connectivity index (χ4v) is 2.60. The summed E-state index contributed by atoms with van der Waals surface area (Å²) in [4.78, 5) is 12.4. The molecule has 0 radical (unpaired) electrons. The van der Waals surface area contributed by atoms with Gasteiger partial charge in [-0.1, -0.05) is 30.3 Å². The van der Waals surface area contributed by atoms with E-state index in [0.29, 0.717) is 22.4 Å². The Morgan fingerprint density at radius 3 is 2.58 bits per heavy atom. The predicted molar refractivity (Wildman–Crippen MR) is 92.4 cm³/mol. The van der Waals surface area contributed by atoms with E-state index >= 15 is 0 Å². The molecule has 1 atom stereocenters. The first-order valence-corrected chi connectivity index (χ1v) is 7.73. The highest BCUT2D eigenvalue weighted by molar-refractivity contribution is 6.43. The summed E-state index contributed by atoms with van der Waals surface area (Å²) in [6.45, 7) is 1.77. The number of carbonyl (C=O) groups is 1. The number of hydrogen-bond donors (Lipinski definition) is 3. The lowest BCUT2D eigenvalue weighted by molar-refractivity contribution is 0.0975. The molecule has 1 unspecified atom stereocenters. The summed E-state index contributed by atoms with van der Waals surface area (Å²) in [5.41, 5.74) is 1.75. The Bertz CT molecular complexity index is 714. The third-order valence-electron chi connectivity index (χ3n) is 4.06. The van der Waals surface area contributed by atoms with Crippen molar-refractivity contribution in [2.45, 2.75) is 25.6 Å². The van der Waals surface area contributed by atoms with Gasteiger partial charge in [0.1, 0.15) is 11.5 Å². The van der Waals surface area contributed by atoms with Gasteiger partial charge in [-0.25, -0.2) is 0 Å². The van der Waals surface area contributed by atoms with Crippen LogP contribution in [0.5, 0.6) is 11.5 Å². The summed E-state index contributed by atoms with van der Waals surface area (Å²) < 4.78 is 5.10. The second-order valence-electron chi connectivity index (χ2n) is 5.82. The molecular formula is C18H21BO5. The minimum absolute atomic E-state index is 0.0434. The van der Waals surface area contributed by atoms with Crippen LogP contribution in [-0.4, -0.2) is 35.2 Å². The van der Waals surface area contributed by atoms with E-state index in [0.717, 1.165) is 0 Å². The molecule has 2 aromatic rings. The molecule has 0 aliphatic rings. The van der Waals surface area contributed by atoms with Gasteiger partial charge in [-0.15, -0.1) is 0 Å². The molecule has 3 N–H and O–H groups in total. The minimum Gasteiger partial charge on any atom is -0.507 e. The summed E-state index contributed by atoms with van der Waals surface area (Å²) >= 11 is 0. The minimum atomic E-state index is -1.65.